The molecule has 0 amide bonds. The third-order valence-electron chi connectivity index (χ3n) is 2.89. The zero-order chi connectivity index (χ0) is 13.1. The lowest BCUT2D eigenvalue weighted by molar-refractivity contribution is 0.0665. The Balaban J connectivity index is 2.27. The maximum atomic E-state index is 12.7. The Hall–Kier alpha value is -1.72. The summed E-state index contributed by atoms with van der Waals surface area (Å²) in [6, 6.07) is 2.01. The van der Waals surface area contributed by atoms with Crippen LogP contribution >= 0.6 is 0 Å². The van der Waals surface area contributed by atoms with Gasteiger partial charge < -0.3 is 0 Å². The lowest BCUT2D eigenvalue weighted by Crippen LogP contribution is -2.12. The molecule has 6 heteroatoms. The van der Waals surface area contributed by atoms with Gasteiger partial charge in [0, 0.05) is 18.1 Å². The first-order chi connectivity index (χ1) is 8.65. The van der Waals surface area contributed by atoms with E-state index in [1.807, 2.05) is 19.9 Å². The highest BCUT2D eigenvalue weighted by Gasteiger charge is 2.13. The number of nitrogens with zero attached hydrogens (tertiary/aromatic N) is 4. The summed E-state index contributed by atoms with van der Waals surface area (Å²) >= 11 is 0. The third-order valence-corrected chi connectivity index (χ3v) is 2.89. The van der Waals surface area contributed by atoms with E-state index < -0.39 is 6.55 Å². The van der Waals surface area contributed by atoms with Crippen molar-refractivity contribution in [1.29, 1.82) is 0 Å². The van der Waals surface area contributed by atoms with E-state index in [0.717, 1.165) is 28.8 Å². The van der Waals surface area contributed by atoms with Crippen LogP contribution in [0.4, 0.5) is 8.78 Å². The van der Waals surface area contributed by atoms with Crippen LogP contribution in [0, 0.1) is 0 Å². The smallest absolute Gasteiger partial charge is 0.276 e. The van der Waals surface area contributed by atoms with Crippen LogP contribution in [0.15, 0.2) is 18.5 Å². The van der Waals surface area contributed by atoms with Crippen molar-refractivity contribution in [2.75, 3.05) is 0 Å². The second-order valence-electron chi connectivity index (χ2n) is 4.02. The minimum Gasteiger partial charge on any atom is -0.276 e. The van der Waals surface area contributed by atoms with Crippen molar-refractivity contribution in [3.05, 3.63) is 35.7 Å². The predicted molar refractivity (Wildman–Crippen MR) is 63.6 cm³/mol. The molecule has 0 radical (unpaired) electrons. The molecule has 0 unspecified atom stereocenters. The van der Waals surface area contributed by atoms with Crippen LogP contribution in [0.1, 0.15) is 37.6 Å². The molecule has 0 aromatic carbocycles. The minimum absolute atomic E-state index is 0.278. The summed E-state index contributed by atoms with van der Waals surface area (Å²) in [5, 5.41) is 4.39. The lowest BCUT2D eigenvalue weighted by Gasteiger charge is -2.08. The van der Waals surface area contributed by atoms with Gasteiger partial charge in [0.25, 0.3) is 0 Å². The van der Waals surface area contributed by atoms with Crippen LogP contribution in [-0.4, -0.2) is 19.3 Å². The molecule has 18 heavy (non-hydrogen) atoms. The van der Waals surface area contributed by atoms with Crippen LogP contribution < -0.4 is 0 Å². The van der Waals surface area contributed by atoms with E-state index in [0.29, 0.717) is 5.82 Å². The van der Waals surface area contributed by atoms with E-state index in [2.05, 4.69) is 10.1 Å². The molecule has 0 saturated carbocycles. The van der Waals surface area contributed by atoms with E-state index in [-0.39, 0.29) is 6.54 Å². The Bertz CT molecular complexity index is 516. The van der Waals surface area contributed by atoms with Crippen LogP contribution in [0.3, 0.4) is 0 Å². The summed E-state index contributed by atoms with van der Waals surface area (Å²) in [7, 11) is 0. The number of halogens is 2. The first kappa shape index (κ1) is 12.7. The molecule has 0 aliphatic heterocycles. The summed E-state index contributed by atoms with van der Waals surface area (Å²) in [6.45, 7) is 1.76. The van der Waals surface area contributed by atoms with Crippen LogP contribution in [0.5, 0.6) is 0 Å². The fourth-order valence-corrected chi connectivity index (χ4v) is 1.89. The van der Waals surface area contributed by atoms with Crippen molar-refractivity contribution in [3.8, 4) is 0 Å². The average molecular weight is 254 g/mol. The van der Waals surface area contributed by atoms with Crippen molar-refractivity contribution in [2.24, 2.45) is 0 Å². The van der Waals surface area contributed by atoms with E-state index in [4.69, 9.17) is 0 Å². The number of hydrogen-bond donors (Lipinski definition) is 0. The Kier molecular flexibility index (Phi) is 3.74. The number of alkyl halides is 2. The van der Waals surface area contributed by atoms with Gasteiger partial charge in [-0.05, 0) is 18.9 Å². The van der Waals surface area contributed by atoms with Crippen molar-refractivity contribution >= 4 is 0 Å². The maximum Gasteiger partial charge on any atom is 0.319 e. The Morgan fingerprint density at radius 1 is 1.28 bits per heavy atom. The summed E-state index contributed by atoms with van der Waals surface area (Å²) in [5.74, 6) is 0.324. The number of aromatic nitrogens is 4. The van der Waals surface area contributed by atoms with Crippen molar-refractivity contribution < 1.29 is 8.78 Å². The normalized spacial score (nSPS) is 11.4. The van der Waals surface area contributed by atoms with Gasteiger partial charge in [-0.3, -0.25) is 9.25 Å². The average Bonchev–Trinajstić information content (AvgIpc) is 2.95. The second kappa shape index (κ2) is 5.29. The molecule has 0 aliphatic rings. The van der Waals surface area contributed by atoms with Gasteiger partial charge in [0.2, 0.25) is 0 Å². The van der Waals surface area contributed by atoms with Gasteiger partial charge in [-0.25, -0.2) is 4.98 Å². The van der Waals surface area contributed by atoms with Crippen LogP contribution in [-0.2, 0) is 19.4 Å². The molecule has 2 aromatic heterocycles. The molecule has 98 valence electrons. The molecule has 0 fully saturated rings. The molecular weight excluding hydrogens is 238 g/mol. The highest BCUT2D eigenvalue weighted by atomic mass is 19.3. The van der Waals surface area contributed by atoms with Gasteiger partial charge in [0.05, 0.1) is 12.2 Å². The number of aryl methyl sites for hydroxylation is 2. The van der Waals surface area contributed by atoms with Crippen molar-refractivity contribution in [3.63, 3.8) is 0 Å². The Labute approximate surface area is 104 Å². The van der Waals surface area contributed by atoms with Crippen LogP contribution in [0.25, 0.3) is 0 Å². The molecule has 2 heterocycles. The minimum atomic E-state index is -2.56. The monoisotopic (exact) mass is 254 g/mol. The Morgan fingerprint density at radius 3 is 2.67 bits per heavy atom. The van der Waals surface area contributed by atoms with Gasteiger partial charge in [-0.2, -0.15) is 13.9 Å². The molecule has 2 rings (SSSR count). The number of rotatable bonds is 5. The second-order valence-corrected chi connectivity index (χ2v) is 4.02. The maximum absolute atomic E-state index is 12.7. The van der Waals surface area contributed by atoms with Crippen molar-refractivity contribution in [2.45, 2.75) is 39.8 Å². The van der Waals surface area contributed by atoms with E-state index >= 15 is 0 Å². The summed E-state index contributed by atoms with van der Waals surface area (Å²) < 4.78 is 28.0. The van der Waals surface area contributed by atoms with Crippen molar-refractivity contribution in [1.82, 2.24) is 19.3 Å². The summed E-state index contributed by atoms with van der Waals surface area (Å²) in [6.07, 6.45) is 4.33. The zero-order valence-corrected chi connectivity index (χ0v) is 10.5. The molecule has 0 N–H and O–H groups in total. The van der Waals surface area contributed by atoms with Gasteiger partial charge in [0.15, 0.2) is 0 Å². The highest BCUT2D eigenvalue weighted by Crippen LogP contribution is 2.15. The third kappa shape index (κ3) is 2.42. The summed E-state index contributed by atoms with van der Waals surface area (Å²) in [5.41, 5.74) is 2.01. The predicted octanol–water partition coefficient (Wildman–Crippen LogP) is 2.65. The fraction of sp³-hybridized carbons (Fsp3) is 0.500. The first-order valence-electron chi connectivity index (χ1n) is 6.01. The van der Waals surface area contributed by atoms with E-state index in [9.17, 15) is 8.78 Å². The molecule has 2 aromatic rings. The van der Waals surface area contributed by atoms with Gasteiger partial charge in [-0.1, -0.05) is 13.8 Å². The van der Waals surface area contributed by atoms with Crippen LogP contribution in [0.2, 0.25) is 0 Å². The highest BCUT2D eigenvalue weighted by molar-refractivity contribution is 5.11. The number of imidazole rings is 1. The topological polar surface area (TPSA) is 35.6 Å². The van der Waals surface area contributed by atoms with Gasteiger partial charge >= 0.3 is 6.55 Å². The fourth-order valence-electron chi connectivity index (χ4n) is 1.89. The summed E-state index contributed by atoms with van der Waals surface area (Å²) in [4.78, 5) is 3.97. The van der Waals surface area contributed by atoms with E-state index in [1.165, 1.54) is 12.4 Å². The number of hydrogen-bond acceptors (Lipinski definition) is 2. The molecular formula is C12H16F2N4. The molecule has 0 spiro atoms. The van der Waals surface area contributed by atoms with Gasteiger partial charge in [0.1, 0.15) is 5.82 Å². The SMILES string of the molecule is CCc1cc(CC)n(Cc2nccn2C(F)F)n1. The Morgan fingerprint density at radius 2 is 2.06 bits per heavy atom. The lowest BCUT2D eigenvalue weighted by atomic mass is 10.2. The largest absolute Gasteiger partial charge is 0.319 e. The molecule has 4 nitrogen and oxygen atoms in total. The zero-order valence-electron chi connectivity index (χ0n) is 10.5. The quantitative estimate of drug-likeness (QED) is 0.822. The molecule has 0 bridgehead atoms. The van der Waals surface area contributed by atoms with Gasteiger partial charge in [-0.15, -0.1) is 0 Å². The standard InChI is InChI=1S/C12H16F2N4/c1-3-9-7-10(4-2)18(16-9)8-11-15-5-6-17(11)12(13)14/h5-7,12H,3-4,8H2,1-2H3. The molecule has 0 atom stereocenters. The first-order valence-corrected chi connectivity index (χ1v) is 6.01. The molecule has 0 aliphatic carbocycles. The van der Waals surface area contributed by atoms with E-state index in [1.54, 1.807) is 4.68 Å². The molecule has 0 saturated heterocycles.